The molecule has 1 heterocycles. The maximum Gasteiger partial charge on any atom is 0.0627 e. The van der Waals surface area contributed by atoms with E-state index in [0.29, 0.717) is 12.5 Å². The molecule has 17 heavy (non-hydrogen) atoms. The van der Waals surface area contributed by atoms with E-state index >= 15 is 0 Å². The maximum absolute atomic E-state index is 6.25. The highest BCUT2D eigenvalue weighted by Crippen LogP contribution is 2.31. The SMILES string of the molecule is CC(C)OCC(N)C1CCCc2cccnc21. The molecule has 0 radical (unpaired) electrons. The van der Waals surface area contributed by atoms with Gasteiger partial charge < -0.3 is 10.5 Å². The third-order valence-corrected chi connectivity index (χ3v) is 3.38. The zero-order chi connectivity index (χ0) is 12.3. The molecule has 0 aliphatic heterocycles. The fraction of sp³-hybridized carbons (Fsp3) is 0.643. The first kappa shape index (κ1) is 12.5. The van der Waals surface area contributed by atoms with Gasteiger partial charge in [-0.2, -0.15) is 0 Å². The van der Waals surface area contributed by atoms with Crippen molar-refractivity contribution in [3.8, 4) is 0 Å². The van der Waals surface area contributed by atoms with Gasteiger partial charge in [-0.3, -0.25) is 4.98 Å². The fourth-order valence-corrected chi connectivity index (χ4v) is 2.48. The Bertz CT molecular complexity index is 365. The van der Waals surface area contributed by atoms with Gasteiger partial charge in [-0.05, 0) is 44.7 Å². The van der Waals surface area contributed by atoms with Crippen molar-refractivity contribution in [3.63, 3.8) is 0 Å². The number of hydrogen-bond acceptors (Lipinski definition) is 3. The van der Waals surface area contributed by atoms with Gasteiger partial charge in [0.2, 0.25) is 0 Å². The number of nitrogens with zero attached hydrogens (tertiary/aromatic N) is 1. The molecule has 2 unspecified atom stereocenters. The smallest absolute Gasteiger partial charge is 0.0627 e. The monoisotopic (exact) mass is 234 g/mol. The van der Waals surface area contributed by atoms with Crippen molar-refractivity contribution in [2.75, 3.05) is 6.61 Å². The van der Waals surface area contributed by atoms with Crippen LogP contribution in [0, 0.1) is 0 Å². The highest BCUT2D eigenvalue weighted by molar-refractivity contribution is 5.27. The van der Waals surface area contributed by atoms with Gasteiger partial charge >= 0.3 is 0 Å². The molecule has 0 spiro atoms. The van der Waals surface area contributed by atoms with Gasteiger partial charge in [0.1, 0.15) is 0 Å². The fourth-order valence-electron chi connectivity index (χ4n) is 2.48. The molecule has 1 aliphatic rings. The summed E-state index contributed by atoms with van der Waals surface area (Å²) < 4.78 is 5.62. The van der Waals surface area contributed by atoms with E-state index in [1.165, 1.54) is 17.7 Å². The second kappa shape index (κ2) is 5.61. The largest absolute Gasteiger partial charge is 0.377 e. The summed E-state index contributed by atoms with van der Waals surface area (Å²) in [6.07, 6.45) is 5.59. The zero-order valence-electron chi connectivity index (χ0n) is 10.7. The topological polar surface area (TPSA) is 48.1 Å². The molecule has 0 saturated heterocycles. The van der Waals surface area contributed by atoms with Crippen LogP contribution in [0.15, 0.2) is 18.3 Å². The lowest BCUT2D eigenvalue weighted by Gasteiger charge is -2.29. The van der Waals surface area contributed by atoms with E-state index in [0.717, 1.165) is 12.8 Å². The molecular weight excluding hydrogens is 212 g/mol. The summed E-state index contributed by atoms with van der Waals surface area (Å²) in [6.45, 7) is 4.71. The predicted molar refractivity (Wildman–Crippen MR) is 69.0 cm³/mol. The molecular formula is C14H22N2O. The minimum absolute atomic E-state index is 0.0614. The van der Waals surface area contributed by atoms with E-state index in [2.05, 4.69) is 11.1 Å². The first-order valence-electron chi connectivity index (χ1n) is 6.49. The molecule has 1 aliphatic carbocycles. The summed E-state index contributed by atoms with van der Waals surface area (Å²) in [6, 6.07) is 4.24. The van der Waals surface area contributed by atoms with E-state index in [1.807, 2.05) is 26.1 Å². The van der Waals surface area contributed by atoms with E-state index in [4.69, 9.17) is 10.5 Å². The quantitative estimate of drug-likeness (QED) is 0.869. The van der Waals surface area contributed by atoms with Crippen molar-refractivity contribution in [2.24, 2.45) is 5.73 Å². The number of rotatable bonds is 4. The number of aryl methyl sites for hydroxylation is 1. The highest BCUT2D eigenvalue weighted by Gasteiger charge is 2.26. The predicted octanol–water partition coefficient (Wildman–Crippen LogP) is 2.25. The van der Waals surface area contributed by atoms with Crippen LogP contribution in [-0.4, -0.2) is 23.7 Å². The highest BCUT2D eigenvalue weighted by atomic mass is 16.5. The molecule has 0 amide bonds. The number of nitrogens with two attached hydrogens (primary N) is 1. The normalized spacial score (nSPS) is 21.3. The summed E-state index contributed by atoms with van der Waals surface area (Å²) in [5.41, 5.74) is 8.80. The summed E-state index contributed by atoms with van der Waals surface area (Å²) in [7, 11) is 0. The molecule has 3 heteroatoms. The first-order chi connectivity index (χ1) is 8.18. The average Bonchev–Trinajstić information content (AvgIpc) is 2.35. The molecule has 2 atom stereocenters. The summed E-state index contributed by atoms with van der Waals surface area (Å²) in [4.78, 5) is 4.51. The lowest BCUT2D eigenvalue weighted by atomic mass is 9.82. The minimum atomic E-state index is 0.0614. The van der Waals surface area contributed by atoms with Crippen LogP contribution in [0.5, 0.6) is 0 Å². The summed E-state index contributed by atoms with van der Waals surface area (Å²) >= 11 is 0. The van der Waals surface area contributed by atoms with Crippen LogP contribution in [-0.2, 0) is 11.2 Å². The Balaban J connectivity index is 2.07. The summed E-state index contributed by atoms with van der Waals surface area (Å²) in [5.74, 6) is 0.360. The van der Waals surface area contributed by atoms with E-state index in [9.17, 15) is 0 Å². The molecule has 0 bridgehead atoms. The van der Waals surface area contributed by atoms with Crippen LogP contribution in [0.4, 0.5) is 0 Å². The molecule has 0 saturated carbocycles. The van der Waals surface area contributed by atoms with Crippen LogP contribution in [0.25, 0.3) is 0 Å². The number of fused-ring (bicyclic) bond motifs is 1. The standard InChI is InChI=1S/C14H22N2O/c1-10(2)17-9-13(15)12-7-3-5-11-6-4-8-16-14(11)12/h4,6,8,10,12-13H,3,5,7,9,15H2,1-2H3. The van der Waals surface area contributed by atoms with Gasteiger partial charge in [-0.15, -0.1) is 0 Å². The number of pyridine rings is 1. The van der Waals surface area contributed by atoms with Crippen molar-refractivity contribution in [1.29, 1.82) is 0 Å². The molecule has 1 aromatic rings. The van der Waals surface area contributed by atoms with Gasteiger partial charge in [-0.25, -0.2) is 0 Å². The molecule has 2 N–H and O–H groups in total. The van der Waals surface area contributed by atoms with Crippen molar-refractivity contribution in [1.82, 2.24) is 4.98 Å². The second-order valence-electron chi connectivity index (χ2n) is 5.09. The Labute approximate surface area is 103 Å². The Hall–Kier alpha value is -0.930. The maximum atomic E-state index is 6.25. The lowest BCUT2D eigenvalue weighted by molar-refractivity contribution is 0.0620. The van der Waals surface area contributed by atoms with E-state index in [-0.39, 0.29) is 12.1 Å². The van der Waals surface area contributed by atoms with Gasteiger partial charge in [0.05, 0.1) is 12.7 Å². The van der Waals surface area contributed by atoms with Crippen molar-refractivity contribution < 1.29 is 4.74 Å². The molecule has 0 fully saturated rings. The lowest BCUT2D eigenvalue weighted by Crippen LogP contribution is -2.36. The van der Waals surface area contributed by atoms with E-state index < -0.39 is 0 Å². The molecule has 1 aromatic heterocycles. The van der Waals surface area contributed by atoms with Crippen LogP contribution >= 0.6 is 0 Å². The third-order valence-electron chi connectivity index (χ3n) is 3.38. The van der Waals surface area contributed by atoms with Crippen molar-refractivity contribution >= 4 is 0 Å². The van der Waals surface area contributed by atoms with Gasteiger partial charge in [0.25, 0.3) is 0 Å². The third kappa shape index (κ3) is 3.05. The average molecular weight is 234 g/mol. The number of ether oxygens (including phenoxy) is 1. The Morgan fingerprint density at radius 3 is 3.12 bits per heavy atom. The minimum Gasteiger partial charge on any atom is -0.377 e. The van der Waals surface area contributed by atoms with Gasteiger partial charge in [-0.1, -0.05) is 6.07 Å². The molecule has 94 valence electrons. The van der Waals surface area contributed by atoms with Crippen molar-refractivity contribution in [3.05, 3.63) is 29.6 Å². The second-order valence-corrected chi connectivity index (χ2v) is 5.09. The number of aromatic nitrogens is 1. The van der Waals surface area contributed by atoms with Gasteiger partial charge in [0, 0.05) is 23.9 Å². The van der Waals surface area contributed by atoms with Crippen LogP contribution in [0.1, 0.15) is 43.9 Å². The van der Waals surface area contributed by atoms with Crippen LogP contribution in [0.2, 0.25) is 0 Å². The Morgan fingerprint density at radius 1 is 1.53 bits per heavy atom. The first-order valence-corrected chi connectivity index (χ1v) is 6.49. The number of hydrogen-bond donors (Lipinski definition) is 1. The van der Waals surface area contributed by atoms with E-state index in [1.54, 1.807) is 0 Å². The summed E-state index contributed by atoms with van der Waals surface area (Å²) in [5, 5.41) is 0. The molecule has 0 aromatic carbocycles. The Morgan fingerprint density at radius 2 is 2.35 bits per heavy atom. The zero-order valence-corrected chi connectivity index (χ0v) is 10.7. The molecule has 3 nitrogen and oxygen atoms in total. The van der Waals surface area contributed by atoms with Crippen LogP contribution < -0.4 is 5.73 Å². The van der Waals surface area contributed by atoms with Gasteiger partial charge in [0.15, 0.2) is 0 Å². The van der Waals surface area contributed by atoms with Crippen LogP contribution in [0.3, 0.4) is 0 Å². The molecule has 2 rings (SSSR count). The van der Waals surface area contributed by atoms with Crippen molar-refractivity contribution in [2.45, 2.75) is 51.2 Å². The Kier molecular flexibility index (Phi) is 4.13.